The zero-order valence-electron chi connectivity index (χ0n) is 17.1. The lowest BCUT2D eigenvalue weighted by Gasteiger charge is -2.03. The Morgan fingerprint density at radius 2 is 1.90 bits per heavy atom. The van der Waals surface area contributed by atoms with E-state index in [0.29, 0.717) is 34.1 Å². The number of aryl methyl sites for hydroxylation is 2. The van der Waals surface area contributed by atoms with Crippen molar-refractivity contribution in [1.82, 2.24) is 19.8 Å². The number of azo groups is 1. The topological polar surface area (TPSA) is 117 Å². The largest absolute Gasteiger partial charge is 0.284 e. The lowest BCUT2D eigenvalue weighted by Crippen LogP contribution is -2.09. The normalized spacial score (nSPS) is 12.1. The third-order valence-electron chi connectivity index (χ3n) is 4.57. The van der Waals surface area contributed by atoms with Crippen molar-refractivity contribution in [2.24, 2.45) is 10.2 Å². The summed E-state index contributed by atoms with van der Waals surface area (Å²) in [5, 5.41) is 15.7. The first kappa shape index (κ1) is 20.7. The molecule has 0 radical (unpaired) electrons. The molecule has 31 heavy (non-hydrogen) atoms. The lowest BCUT2D eigenvalue weighted by atomic mass is 10.1. The maximum Gasteiger partial charge on any atom is 0.229 e. The molecule has 0 aliphatic rings. The van der Waals surface area contributed by atoms with Gasteiger partial charge in [-0.05, 0) is 55.3 Å². The summed E-state index contributed by atoms with van der Waals surface area (Å²) in [6, 6.07) is 11.5. The first-order valence-electron chi connectivity index (χ1n) is 9.47. The van der Waals surface area contributed by atoms with Crippen LogP contribution in [0.4, 0.5) is 21.5 Å². The number of hydrogen-bond donors (Lipinski definition) is 2. The second-order valence-corrected chi connectivity index (χ2v) is 8.80. The summed E-state index contributed by atoms with van der Waals surface area (Å²) in [6.45, 7) is 3.75. The third kappa shape index (κ3) is 4.45. The fraction of sp³-hybridized carbons (Fsp3) is 0.200. The average Bonchev–Trinajstić information content (AvgIpc) is 3.23. The predicted octanol–water partition coefficient (Wildman–Crippen LogP) is 4.52. The number of anilines is 1. The Morgan fingerprint density at radius 1 is 1.16 bits per heavy atom. The van der Waals surface area contributed by atoms with E-state index in [2.05, 4.69) is 30.1 Å². The summed E-state index contributed by atoms with van der Waals surface area (Å²) < 4.78 is 40.8. The van der Waals surface area contributed by atoms with Crippen LogP contribution in [0.2, 0.25) is 0 Å². The number of benzene rings is 2. The molecule has 0 bridgehead atoms. The molecule has 2 heterocycles. The Morgan fingerprint density at radius 3 is 2.55 bits per heavy atom. The zero-order chi connectivity index (χ0) is 22.2. The van der Waals surface area contributed by atoms with Crippen LogP contribution in [0.25, 0.3) is 17.0 Å². The van der Waals surface area contributed by atoms with Crippen molar-refractivity contribution >= 4 is 32.7 Å². The summed E-state index contributed by atoms with van der Waals surface area (Å²) in [7, 11) is -3.35. The minimum absolute atomic E-state index is 0.143. The molecule has 0 spiro atoms. The molecule has 11 heteroatoms. The van der Waals surface area contributed by atoms with E-state index < -0.39 is 15.8 Å². The van der Waals surface area contributed by atoms with Crippen molar-refractivity contribution in [2.75, 3.05) is 11.0 Å². The molecule has 2 aromatic carbocycles. The first-order chi connectivity index (χ1) is 14.7. The van der Waals surface area contributed by atoms with Gasteiger partial charge in [-0.25, -0.2) is 17.8 Å². The molecule has 0 fully saturated rings. The van der Waals surface area contributed by atoms with Gasteiger partial charge < -0.3 is 0 Å². The monoisotopic (exact) mass is 441 g/mol. The van der Waals surface area contributed by atoms with E-state index in [1.54, 1.807) is 37.3 Å². The number of nitrogens with zero attached hydrogens (tertiary/aromatic N) is 5. The van der Waals surface area contributed by atoms with Gasteiger partial charge in [0, 0.05) is 11.3 Å². The van der Waals surface area contributed by atoms with Gasteiger partial charge in [-0.15, -0.1) is 15.3 Å². The Labute approximate surface area is 178 Å². The molecule has 0 aliphatic carbocycles. The van der Waals surface area contributed by atoms with Crippen molar-refractivity contribution in [3.8, 4) is 11.4 Å². The molecule has 160 valence electrons. The maximum absolute atomic E-state index is 14.2. The Kier molecular flexibility index (Phi) is 5.27. The molecule has 4 rings (SSSR count). The molecule has 0 saturated carbocycles. The second-order valence-electron chi connectivity index (χ2n) is 7.05. The maximum atomic E-state index is 14.2. The van der Waals surface area contributed by atoms with E-state index in [-0.39, 0.29) is 5.69 Å². The van der Waals surface area contributed by atoms with Crippen LogP contribution in [0.5, 0.6) is 0 Å². The Bertz CT molecular complexity index is 1390. The number of sulfonamides is 1. The number of hydrogen-bond acceptors (Lipinski definition) is 6. The van der Waals surface area contributed by atoms with Crippen LogP contribution in [0, 0.1) is 12.7 Å². The number of fused-ring (bicyclic) bond motifs is 1. The summed E-state index contributed by atoms with van der Waals surface area (Å²) in [4.78, 5) is 4.50. The van der Waals surface area contributed by atoms with Gasteiger partial charge in [0.2, 0.25) is 15.7 Å². The Hall–Kier alpha value is -3.60. The smallest absolute Gasteiger partial charge is 0.229 e. The van der Waals surface area contributed by atoms with E-state index in [4.69, 9.17) is 0 Å². The molecule has 0 saturated heterocycles. The predicted molar refractivity (Wildman–Crippen MR) is 116 cm³/mol. The Balaban J connectivity index is 1.64. The number of aromatic amines is 1. The summed E-state index contributed by atoms with van der Waals surface area (Å²) >= 11 is 0. The number of halogens is 1. The summed E-state index contributed by atoms with van der Waals surface area (Å²) in [5.74, 6) is -0.00987. The van der Waals surface area contributed by atoms with E-state index in [9.17, 15) is 12.8 Å². The van der Waals surface area contributed by atoms with Crippen LogP contribution in [-0.2, 0) is 16.4 Å². The van der Waals surface area contributed by atoms with Gasteiger partial charge in [0.05, 0.1) is 11.9 Å². The molecule has 4 aromatic rings. The average molecular weight is 441 g/mol. The lowest BCUT2D eigenvalue weighted by molar-refractivity contribution is 0.607. The molecule has 0 atom stereocenters. The fourth-order valence-corrected chi connectivity index (χ4v) is 3.59. The molecule has 0 amide bonds. The first-order valence-corrected chi connectivity index (χ1v) is 11.4. The van der Waals surface area contributed by atoms with Gasteiger partial charge in [0.25, 0.3) is 0 Å². The second kappa shape index (κ2) is 7.91. The van der Waals surface area contributed by atoms with Crippen molar-refractivity contribution in [3.05, 3.63) is 59.5 Å². The van der Waals surface area contributed by atoms with E-state index in [1.165, 1.54) is 10.7 Å². The van der Waals surface area contributed by atoms with Crippen molar-refractivity contribution in [3.63, 3.8) is 0 Å². The minimum Gasteiger partial charge on any atom is -0.284 e. The van der Waals surface area contributed by atoms with Crippen molar-refractivity contribution in [2.45, 2.75) is 20.3 Å². The molecular weight excluding hydrogens is 421 g/mol. The standard InChI is InChI=1S/C20H20FN7O2S/c1-4-13-5-10-17(16(21)11-13)23-24-18-12(2)25-28-20(18)22-19(26-28)14-6-8-15(9-7-14)27-31(3,29)30/h5-11,25,27H,4H2,1-3H3. The quantitative estimate of drug-likeness (QED) is 0.428. The van der Waals surface area contributed by atoms with Crippen LogP contribution in [0.1, 0.15) is 18.2 Å². The fourth-order valence-electron chi connectivity index (χ4n) is 3.02. The van der Waals surface area contributed by atoms with Crippen LogP contribution < -0.4 is 4.72 Å². The zero-order valence-corrected chi connectivity index (χ0v) is 17.9. The highest BCUT2D eigenvalue weighted by Gasteiger charge is 2.15. The highest BCUT2D eigenvalue weighted by atomic mass is 32.2. The van der Waals surface area contributed by atoms with Gasteiger partial charge in [-0.2, -0.15) is 4.63 Å². The number of H-pyrrole nitrogens is 1. The van der Waals surface area contributed by atoms with E-state index >= 15 is 0 Å². The molecule has 9 nitrogen and oxygen atoms in total. The van der Waals surface area contributed by atoms with Crippen LogP contribution in [0.15, 0.2) is 52.7 Å². The number of rotatable bonds is 6. The minimum atomic E-state index is -3.35. The molecule has 2 N–H and O–H groups in total. The van der Waals surface area contributed by atoms with Crippen molar-refractivity contribution < 1.29 is 12.8 Å². The highest BCUT2D eigenvalue weighted by Crippen LogP contribution is 2.29. The molecule has 0 aliphatic heterocycles. The van der Waals surface area contributed by atoms with E-state index in [1.807, 2.05) is 13.0 Å². The van der Waals surface area contributed by atoms with Crippen LogP contribution in [-0.4, -0.2) is 34.5 Å². The van der Waals surface area contributed by atoms with Gasteiger partial charge in [-0.3, -0.25) is 9.82 Å². The van der Waals surface area contributed by atoms with E-state index in [0.717, 1.165) is 18.2 Å². The van der Waals surface area contributed by atoms with Gasteiger partial charge >= 0.3 is 0 Å². The number of nitrogens with one attached hydrogen (secondary N) is 2. The molecule has 2 aromatic heterocycles. The van der Waals surface area contributed by atoms with Gasteiger partial charge in [-0.1, -0.05) is 13.0 Å². The summed E-state index contributed by atoms with van der Waals surface area (Å²) in [6.07, 6.45) is 1.82. The summed E-state index contributed by atoms with van der Waals surface area (Å²) in [5.41, 5.74) is 3.74. The van der Waals surface area contributed by atoms with Gasteiger partial charge in [0.15, 0.2) is 17.3 Å². The van der Waals surface area contributed by atoms with Crippen molar-refractivity contribution in [1.29, 1.82) is 0 Å². The number of aromatic nitrogens is 4. The molecule has 0 unspecified atom stereocenters. The highest BCUT2D eigenvalue weighted by molar-refractivity contribution is 7.92. The van der Waals surface area contributed by atoms with Gasteiger partial charge in [0.1, 0.15) is 5.69 Å². The van der Waals surface area contributed by atoms with Crippen LogP contribution in [0.3, 0.4) is 0 Å². The molecular formula is C20H20FN7O2S. The third-order valence-corrected chi connectivity index (χ3v) is 5.18. The van der Waals surface area contributed by atoms with Crippen LogP contribution >= 0.6 is 0 Å². The SMILES string of the molecule is CCc1ccc(N=Nc2c(C)[nH]n3nc(-c4ccc(NS(C)(=O)=O)cc4)nc23)c(F)c1.